The summed E-state index contributed by atoms with van der Waals surface area (Å²) in [7, 11) is 0. The zero-order valence-electron chi connectivity index (χ0n) is 12.1. The average molecular weight is 286 g/mol. The molecule has 1 saturated heterocycles. The van der Waals surface area contributed by atoms with Gasteiger partial charge in [-0.15, -0.1) is 0 Å². The van der Waals surface area contributed by atoms with Gasteiger partial charge in [0, 0.05) is 36.5 Å². The molecule has 0 amide bonds. The largest absolute Gasteiger partial charge is 0.355 e. The standard InChI is InChI=1S/C16H19FN4/c1-2-14-9-15(21-7-6-13(18)10-21)20-16(19-14)11-4-3-5-12(17)8-11/h3-5,8-9,13H,2,6-7,10,18H2,1H3. The van der Waals surface area contributed by atoms with Crippen molar-refractivity contribution in [1.82, 2.24) is 9.97 Å². The molecule has 2 aromatic rings. The Balaban J connectivity index is 2.01. The van der Waals surface area contributed by atoms with Gasteiger partial charge in [0.05, 0.1) is 0 Å². The van der Waals surface area contributed by atoms with Gasteiger partial charge >= 0.3 is 0 Å². The molecular formula is C16H19FN4. The van der Waals surface area contributed by atoms with Crippen LogP contribution in [-0.2, 0) is 6.42 Å². The second kappa shape index (κ2) is 5.77. The summed E-state index contributed by atoms with van der Waals surface area (Å²) in [6.07, 6.45) is 1.79. The summed E-state index contributed by atoms with van der Waals surface area (Å²) < 4.78 is 13.4. The first-order valence-corrected chi connectivity index (χ1v) is 7.30. The lowest BCUT2D eigenvalue weighted by atomic mass is 10.2. The third kappa shape index (κ3) is 3.03. The Morgan fingerprint density at radius 2 is 2.19 bits per heavy atom. The minimum Gasteiger partial charge on any atom is -0.355 e. The quantitative estimate of drug-likeness (QED) is 0.941. The van der Waals surface area contributed by atoms with Crippen LogP contribution in [0.2, 0.25) is 0 Å². The highest BCUT2D eigenvalue weighted by molar-refractivity contribution is 5.58. The van der Waals surface area contributed by atoms with Gasteiger partial charge in [0.25, 0.3) is 0 Å². The Hall–Kier alpha value is -2.01. The van der Waals surface area contributed by atoms with Gasteiger partial charge < -0.3 is 10.6 Å². The fraction of sp³-hybridized carbons (Fsp3) is 0.375. The number of hydrogen-bond acceptors (Lipinski definition) is 4. The molecule has 1 aliphatic heterocycles. The Bertz CT molecular complexity index is 644. The lowest BCUT2D eigenvalue weighted by Crippen LogP contribution is -2.27. The highest BCUT2D eigenvalue weighted by Crippen LogP contribution is 2.23. The van der Waals surface area contributed by atoms with E-state index >= 15 is 0 Å². The molecule has 0 radical (unpaired) electrons. The van der Waals surface area contributed by atoms with Gasteiger partial charge in [-0.1, -0.05) is 19.1 Å². The van der Waals surface area contributed by atoms with E-state index in [0.717, 1.165) is 37.4 Å². The van der Waals surface area contributed by atoms with Gasteiger partial charge in [-0.25, -0.2) is 14.4 Å². The van der Waals surface area contributed by atoms with E-state index in [0.29, 0.717) is 11.4 Å². The highest BCUT2D eigenvalue weighted by atomic mass is 19.1. The van der Waals surface area contributed by atoms with Crippen molar-refractivity contribution >= 4 is 5.82 Å². The van der Waals surface area contributed by atoms with Crippen molar-refractivity contribution in [3.63, 3.8) is 0 Å². The van der Waals surface area contributed by atoms with Gasteiger partial charge in [0.15, 0.2) is 5.82 Å². The number of aromatic nitrogens is 2. The van der Waals surface area contributed by atoms with E-state index < -0.39 is 0 Å². The number of aryl methyl sites for hydroxylation is 1. The normalized spacial score (nSPS) is 18.2. The van der Waals surface area contributed by atoms with Crippen LogP contribution >= 0.6 is 0 Å². The van der Waals surface area contributed by atoms with Crippen LogP contribution in [0.25, 0.3) is 11.4 Å². The molecule has 1 atom stereocenters. The Morgan fingerprint density at radius 3 is 2.86 bits per heavy atom. The summed E-state index contributed by atoms with van der Waals surface area (Å²) in [6.45, 7) is 3.77. The predicted molar refractivity (Wildman–Crippen MR) is 81.6 cm³/mol. The van der Waals surface area contributed by atoms with Crippen molar-refractivity contribution in [1.29, 1.82) is 0 Å². The molecule has 1 aromatic carbocycles. The van der Waals surface area contributed by atoms with Gasteiger partial charge in [-0.3, -0.25) is 0 Å². The minimum atomic E-state index is -0.275. The lowest BCUT2D eigenvalue weighted by molar-refractivity contribution is 0.628. The first kappa shape index (κ1) is 13.9. The Labute approximate surface area is 123 Å². The number of rotatable bonds is 3. The van der Waals surface area contributed by atoms with Gasteiger partial charge in [-0.05, 0) is 25.0 Å². The summed E-state index contributed by atoms with van der Waals surface area (Å²) in [6, 6.07) is 8.60. The van der Waals surface area contributed by atoms with E-state index in [4.69, 9.17) is 5.73 Å². The first-order valence-electron chi connectivity index (χ1n) is 7.30. The molecule has 1 unspecified atom stereocenters. The number of hydrogen-bond donors (Lipinski definition) is 1. The van der Waals surface area contributed by atoms with Crippen LogP contribution < -0.4 is 10.6 Å². The van der Waals surface area contributed by atoms with E-state index in [1.165, 1.54) is 12.1 Å². The summed E-state index contributed by atoms with van der Waals surface area (Å²) in [5.74, 6) is 1.18. The zero-order valence-corrected chi connectivity index (χ0v) is 12.1. The van der Waals surface area contributed by atoms with E-state index in [1.54, 1.807) is 6.07 Å². The monoisotopic (exact) mass is 286 g/mol. The van der Waals surface area contributed by atoms with Crippen molar-refractivity contribution < 1.29 is 4.39 Å². The van der Waals surface area contributed by atoms with Crippen molar-refractivity contribution in [2.75, 3.05) is 18.0 Å². The SMILES string of the molecule is CCc1cc(N2CCC(N)C2)nc(-c2cccc(F)c2)n1. The molecule has 0 aliphatic carbocycles. The fourth-order valence-electron chi connectivity index (χ4n) is 2.58. The molecule has 2 heterocycles. The maximum absolute atomic E-state index is 13.4. The Kier molecular flexibility index (Phi) is 3.84. The molecule has 0 bridgehead atoms. The molecule has 5 heteroatoms. The van der Waals surface area contributed by atoms with E-state index in [1.807, 2.05) is 12.1 Å². The fourth-order valence-corrected chi connectivity index (χ4v) is 2.58. The average Bonchev–Trinajstić information content (AvgIpc) is 2.93. The van der Waals surface area contributed by atoms with Crippen molar-refractivity contribution in [3.8, 4) is 11.4 Å². The predicted octanol–water partition coefficient (Wildman–Crippen LogP) is 2.38. The maximum Gasteiger partial charge on any atom is 0.161 e. The van der Waals surface area contributed by atoms with Crippen LogP contribution in [0.5, 0.6) is 0 Å². The van der Waals surface area contributed by atoms with Crippen molar-refractivity contribution in [3.05, 3.63) is 41.8 Å². The highest BCUT2D eigenvalue weighted by Gasteiger charge is 2.21. The summed E-state index contributed by atoms with van der Waals surface area (Å²) in [5, 5.41) is 0. The van der Waals surface area contributed by atoms with Crippen LogP contribution in [0.15, 0.2) is 30.3 Å². The van der Waals surface area contributed by atoms with Crippen LogP contribution in [0.1, 0.15) is 19.0 Å². The van der Waals surface area contributed by atoms with Gasteiger partial charge in [0.2, 0.25) is 0 Å². The van der Waals surface area contributed by atoms with E-state index in [9.17, 15) is 4.39 Å². The second-order valence-corrected chi connectivity index (χ2v) is 5.40. The third-order valence-corrected chi connectivity index (χ3v) is 3.76. The number of anilines is 1. The third-order valence-electron chi connectivity index (χ3n) is 3.76. The molecule has 21 heavy (non-hydrogen) atoms. The molecule has 0 saturated carbocycles. The second-order valence-electron chi connectivity index (χ2n) is 5.40. The molecule has 3 rings (SSSR count). The van der Waals surface area contributed by atoms with Crippen molar-refractivity contribution in [2.24, 2.45) is 5.73 Å². The molecule has 1 aliphatic rings. The first-order chi connectivity index (χ1) is 10.2. The van der Waals surface area contributed by atoms with Crippen LogP contribution in [0, 0.1) is 5.82 Å². The summed E-state index contributed by atoms with van der Waals surface area (Å²) >= 11 is 0. The number of nitrogens with zero attached hydrogens (tertiary/aromatic N) is 3. The molecule has 4 nitrogen and oxygen atoms in total. The summed E-state index contributed by atoms with van der Waals surface area (Å²) in [5.41, 5.74) is 7.63. The Morgan fingerprint density at radius 1 is 1.33 bits per heavy atom. The van der Waals surface area contributed by atoms with Crippen molar-refractivity contribution in [2.45, 2.75) is 25.8 Å². The smallest absolute Gasteiger partial charge is 0.161 e. The number of halogens is 1. The molecule has 2 N–H and O–H groups in total. The zero-order chi connectivity index (χ0) is 14.8. The van der Waals surface area contributed by atoms with E-state index in [2.05, 4.69) is 21.8 Å². The number of benzene rings is 1. The van der Waals surface area contributed by atoms with Crippen LogP contribution in [0.4, 0.5) is 10.2 Å². The van der Waals surface area contributed by atoms with E-state index in [-0.39, 0.29) is 11.9 Å². The van der Waals surface area contributed by atoms with Crippen LogP contribution in [0.3, 0.4) is 0 Å². The van der Waals surface area contributed by atoms with Crippen LogP contribution in [-0.4, -0.2) is 29.1 Å². The van der Waals surface area contributed by atoms with Gasteiger partial charge in [-0.2, -0.15) is 0 Å². The molecule has 0 spiro atoms. The molecule has 1 aromatic heterocycles. The molecule has 1 fully saturated rings. The summed E-state index contributed by atoms with van der Waals surface area (Å²) in [4.78, 5) is 11.3. The number of nitrogens with two attached hydrogens (primary N) is 1. The topological polar surface area (TPSA) is 55.0 Å². The molecule has 110 valence electrons. The van der Waals surface area contributed by atoms with Gasteiger partial charge in [0.1, 0.15) is 11.6 Å². The molecular weight excluding hydrogens is 267 g/mol. The maximum atomic E-state index is 13.4. The lowest BCUT2D eigenvalue weighted by Gasteiger charge is -2.18. The minimum absolute atomic E-state index is 0.197.